The largest absolute Gasteiger partial charge is 0.496 e. The van der Waals surface area contributed by atoms with Crippen LogP contribution in [0.5, 0.6) is 5.75 Å². The Hall–Kier alpha value is -2.11. The van der Waals surface area contributed by atoms with Crippen molar-refractivity contribution < 1.29 is 9.53 Å². The van der Waals surface area contributed by atoms with E-state index in [4.69, 9.17) is 21.3 Å². The second kappa shape index (κ2) is 7.25. The molecule has 1 saturated heterocycles. The van der Waals surface area contributed by atoms with Crippen LogP contribution in [0.2, 0.25) is 5.02 Å². The lowest BCUT2D eigenvalue weighted by Gasteiger charge is -2.32. The standard InChI is InChI=1S/C20H19ClN2O2S/c1-25-17-9-8-14(21)11-15(17)20(24)23-10-4-5-13(12-23)19-22-16-6-2-3-7-18(16)26-19/h2-3,6-9,11,13H,4-5,10,12H2,1H3. The number of amides is 1. The Morgan fingerprint density at radius 3 is 2.96 bits per heavy atom. The molecule has 1 unspecified atom stereocenters. The summed E-state index contributed by atoms with van der Waals surface area (Å²) < 4.78 is 6.54. The monoisotopic (exact) mass is 386 g/mol. The van der Waals surface area contributed by atoms with Gasteiger partial charge in [-0.15, -0.1) is 11.3 Å². The molecule has 1 amide bonds. The van der Waals surface area contributed by atoms with Gasteiger partial charge in [0.25, 0.3) is 5.91 Å². The fraction of sp³-hybridized carbons (Fsp3) is 0.300. The summed E-state index contributed by atoms with van der Waals surface area (Å²) in [6.45, 7) is 1.42. The Balaban J connectivity index is 1.58. The number of rotatable bonds is 3. The van der Waals surface area contributed by atoms with Gasteiger partial charge in [-0.05, 0) is 43.2 Å². The molecule has 3 aromatic rings. The number of ether oxygens (including phenoxy) is 1. The van der Waals surface area contributed by atoms with Gasteiger partial charge in [0.2, 0.25) is 0 Å². The Bertz CT molecular complexity index is 923. The number of nitrogens with zero attached hydrogens (tertiary/aromatic N) is 2. The molecule has 0 N–H and O–H groups in total. The lowest BCUT2D eigenvalue weighted by Crippen LogP contribution is -2.39. The van der Waals surface area contributed by atoms with E-state index in [2.05, 4.69) is 6.07 Å². The molecule has 0 spiro atoms. The summed E-state index contributed by atoms with van der Waals surface area (Å²) in [7, 11) is 1.57. The molecule has 0 aliphatic carbocycles. The van der Waals surface area contributed by atoms with E-state index in [1.165, 1.54) is 4.70 Å². The van der Waals surface area contributed by atoms with Gasteiger partial charge in [0.05, 0.1) is 27.9 Å². The van der Waals surface area contributed by atoms with Gasteiger partial charge < -0.3 is 9.64 Å². The number of aromatic nitrogens is 1. The maximum atomic E-state index is 13.1. The molecule has 2 heterocycles. The van der Waals surface area contributed by atoms with E-state index in [0.29, 0.717) is 22.9 Å². The van der Waals surface area contributed by atoms with Gasteiger partial charge in [0.15, 0.2) is 0 Å². The molecule has 4 rings (SSSR count). The summed E-state index contributed by atoms with van der Waals surface area (Å²) >= 11 is 7.82. The van der Waals surface area contributed by atoms with Crippen LogP contribution in [0.25, 0.3) is 10.2 Å². The van der Waals surface area contributed by atoms with E-state index in [9.17, 15) is 4.79 Å². The van der Waals surface area contributed by atoms with Crippen LogP contribution < -0.4 is 4.74 Å². The van der Waals surface area contributed by atoms with E-state index in [1.807, 2.05) is 23.1 Å². The maximum absolute atomic E-state index is 13.1. The molecule has 0 radical (unpaired) electrons. The van der Waals surface area contributed by atoms with Crippen molar-refractivity contribution in [2.24, 2.45) is 0 Å². The van der Waals surface area contributed by atoms with Gasteiger partial charge in [-0.2, -0.15) is 0 Å². The fourth-order valence-corrected chi connectivity index (χ4v) is 4.71. The van der Waals surface area contributed by atoms with Gasteiger partial charge in [-0.3, -0.25) is 4.79 Å². The van der Waals surface area contributed by atoms with Crippen molar-refractivity contribution in [3.63, 3.8) is 0 Å². The molecule has 1 aliphatic heterocycles. The fourth-order valence-electron chi connectivity index (χ4n) is 3.45. The molecule has 2 aromatic carbocycles. The predicted octanol–water partition coefficient (Wildman–Crippen LogP) is 4.98. The van der Waals surface area contributed by atoms with Gasteiger partial charge >= 0.3 is 0 Å². The van der Waals surface area contributed by atoms with Crippen LogP contribution in [0.1, 0.15) is 34.1 Å². The van der Waals surface area contributed by atoms with Crippen LogP contribution in [-0.2, 0) is 0 Å². The van der Waals surface area contributed by atoms with Crippen LogP contribution in [0, 0.1) is 0 Å². The maximum Gasteiger partial charge on any atom is 0.257 e. The van der Waals surface area contributed by atoms with Crippen LogP contribution in [0.4, 0.5) is 0 Å². The topological polar surface area (TPSA) is 42.4 Å². The second-order valence-electron chi connectivity index (χ2n) is 6.45. The van der Waals surface area contributed by atoms with Crippen molar-refractivity contribution in [2.75, 3.05) is 20.2 Å². The molecule has 134 valence electrons. The summed E-state index contributed by atoms with van der Waals surface area (Å²) in [4.78, 5) is 19.7. The summed E-state index contributed by atoms with van der Waals surface area (Å²) in [6.07, 6.45) is 2.02. The van der Waals surface area contributed by atoms with Gasteiger partial charge in [-0.25, -0.2) is 4.98 Å². The zero-order valence-corrected chi connectivity index (χ0v) is 16.0. The van der Waals surface area contributed by atoms with Crippen molar-refractivity contribution in [1.29, 1.82) is 0 Å². The Morgan fingerprint density at radius 1 is 1.31 bits per heavy atom. The summed E-state index contributed by atoms with van der Waals surface area (Å²) in [5, 5.41) is 1.65. The first kappa shape index (κ1) is 17.3. The minimum Gasteiger partial charge on any atom is -0.496 e. The number of para-hydroxylation sites is 1. The lowest BCUT2D eigenvalue weighted by atomic mass is 9.98. The van der Waals surface area contributed by atoms with Crippen molar-refractivity contribution in [2.45, 2.75) is 18.8 Å². The van der Waals surface area contributed by atoms with Gasteiger partial charge in [0.1, 0.15) is 5.75 Å². The minimum atomic E-state index is -0.0323. The predicted molar refractivity (Wildman–Crippen MR) is 106 cm³/mol. The summed E-state index contributed by atoms with van der Waals surface area (Å²) in [5.74, 6) is 0.798. The average Bonchev–Trinajstić information content (AvgIpc) is 3.12. The molecule has 6 heteroatoms. The highest BCUT2D eigenvalue weighted by Crippen LogP contribution is 2.34. The number of benzene rings is 2. The van der Waals surface area contributed by atoms with E-state index >= 15 is 0 Å². The Morgan fingerprint density at radius 2 is 2.15 bits per heavy atom. The second-order valence-corrected chi connectivity index (χ2v) is 7.95. The van der Waals surface area contributed by atoms with Gasteiger partial charge in [-0.1, -0.05) is 23.7 Å². The zero-order valence-electron chi connectivity index (χ0n) is 14.4. The number of piperidine rings is 1. The van der Waals surface area contributed by atoms with Crippen LogP contribution in [0.15, 0.2) is 42.5 Å². The molecule has 1 aromatic heterocycles. The molecule has 4 nitrogen and oxygen atoms in total. The zero-order chi connectivity index (χ0) is 18.1. The van der Waals surface area contributed by atoms with E-state index in [-0.39, 0.29) is 11.8 Å². The average molecular weight is 387 g/mol. The smallest absolute Gasteiger partial charge is 0.257 e. The molecule has 26 heavy (non-hydrogen) atoms. The van der Waals surface area contributed by atoms with Crippen molar-refractivity contribution >= 4 is 39.1 Å². The van der Waals surface area contributed by atoms with Crippen LogP contribution >= 0.6 is 22.9 Å². The van der Waals surface area contributed by atoms with Crippen molar-refractivity contribution in [3.8, 4) is 5.75 Å². The highest BCUT2D eigenvalue weighted by Gasteiger charge is 2.29. The number of hydrogen-bond donors (Lipinski definition) is 0. The summed E-state index contributed by atoms with van der Waals surface area (Å²) in [6, 6.07) is 13.3. The molecule has 0 saturated carbocycles. The molecular weight excluding hydrogens is 368 g/mol. The van der Waals surface area contributed by atoms with E-state index in [0.717, 1.165) is 29.9 Å². The quantitative estimate of drug-likeness (QED) is 0.637. The molecule has 1 atom stereocenters. The normalized spacial score (nSPS) is 17.5. The van der Waals surface area contributed by atoms with Gasteiger partial charge in [0, 0.05) is 24.0 Å². The third kappa shape index (κ3) is 3.29. The number of fused-ring (bicyclic) bond motifs is 1. The van der Waals surface area contributed by atoms with Crippen LogP contribution in [0.3, 0.4) is 0 Å². The molecule has 1 aliphatic rings. The number of carbonyl (C=O) groups excluding carboxylic acids is 1. The first-order valence-corrected chi connectivity index (χ1v) is 9.83. The number of likely N-dealkylation sites (tertiary alicyclic amines) is 1. The van der Waals surface area contributed by atoms with Crippen molar-refractivity contribution in [3.05, 3.63) is 58.1 Å². The van der Waals surface area contributed by atoms with Crippen molar-refractivity contribution in [1.82, 2.24) is 9.88 Å². The van der Waals surface area contributed by atoms with Crippen LogP contribution in [-0.4, -0.2) is 36.0 Å². The SMILES string of the molecule is COc1ccc(Cl)cc1C(=O)N1CCCC(c2nc3ccccc3s2)C1. The Labute approximate surface area is 161 Å². The first-order chi connectivity index (χ1) is 12.7. The summed E-state index contributed by atoms with van der Waals surface area (Å²) in [5.41, 5.74) is 1.55. The molecule has 0 bridgehead atoms. The number of carbonyl (C=O) groups is 1. The van der Waals surface area contributed by atoms with E-state index < -0.39 is 0 Å². The third-order valence-corrected chi connectivity index (χ3v) is 6.19. The molecule has 1 fully saturated rings. The number of halogens is 1. The first-order valence-electron chi connectivity index (χ1n) is 8.64. The minimum absolute atomic E-state index is 0.0323. The number of thiazole rings is 1. The number of hydrogen-bond acceptors (Lipinski definition) is 4. The lowest BCUT2D eigenvalue weighted by molar-refractivity contribution is 0.0703. The Kier molecular flexibility index (Phi) is 4.83. The highest BCUT2D eigenvalue weighted by atomic mass is 35.5. The third-order valence-electron chi connectivity index (χ3n) is 4.76. The van der Waals surface area contributed by atoms with E-state index in [1.54, 1.807) is 36.6 Å². The molecular formula is C20H19ClN2O2S. The number of methoxy groups -OCH3 is 1. The highest BCUT2D eigenvalue weighted by molar-refractivity contribution is 7.18.